The third-order valence-electron chi connectivity index (χ3n) is 4.64. The number of carbonyl (C=O) groups is 2. The van der Waals surface area contributed by atoms with Crippen molar-refractivity contribution in [3.05, 3.63) is 70.8 Å². The monoisotopic (exact) mass is 400 g/mol. The number of aromatic carboxylic acids is 1. The molecule has 1 saturated heterocycles. The minimum atomic E-state index is -0.875. The lowest BCUT2D eigenvalue weighted by Crippen LogP contribution is -2.20. The highest BCUT2D eigenvalue weighted by Gasteiger charge is 2.32. The van der Waals surface area contributed by atoms with Crippen LogP contribution in [0.4, 0.5) is 0 Å². The third-order valence-corrected chi connectivity index (χ3v) is 4.64. The Morgan fingerprint density at radius 1 is 1.00 bits per heavy atom. The van der Waals surface area contributed by atoms with Gasteiger partial charge in [-0.1, -0.05) is 42.3 Å². The van der Waals surface area contributed by atoms with Crippen LogP contribution in [0.5, 0.6) is 0 Å². The molecule has 0 saturated carbocycles. The van der Waals surface area contributed by atoms with E-state index in [1.54, 1.807) is 43.5 Å². The molecule has 2 unspecified atom stereocenters. The van der Waals surface area contributed by atoms with Gasteiger partial charge in [-0.05, 0) is 44.5 Å². The summed E-state index contributed by atoms with van der Waals surface area (Å²) in [6, 6.07) is 14.1. The number of rotatable bonds is 5. The Balaban J connectivity index is 0.000000253. The number of carboxylic acid groups (broad SMARTS) is 1. The molecule has 0 aromatic heterocycles. The summed E-state index contributed by atoms with van der Waals surface area (Å²) in [7, 11) is 1.63. The van der Waals surface area contributed by atoms with E-state index in [-0.39, 0.29) is 25.0 Å². The van der Waals surface area contributed by atoms with Crippen LogP contribution in [0, 0.1) is 19.8 Å². The maximum atomic E-state index is 11.8. The summed E-state index contributed by atoms with van der Waals surface area (Å²) in [4.78, 5) is 22.1. The maximum Gasteiger partial charge on any atom is 0.338 e. The first-order valence-corrected chi connectivity index (χ1v) is 9.52. The van der Waals surface area contributed by atoms with Crippen LogP contribution in [-0.4, -0.2) is 43.2 Å². The highest BCUT2D eigenvalue weighted by atomic mass is 16.7. The van der Waals surface area contributed by atoms with E-state index in [0.717, 1.165) is 17.5 Å². The molecule has 1 fully saturated rings. The highest BCUT2D eigenvalue weighted by Crippen LogP contribution is 2.26. The van der Waals surface area contributed by atoms with Gasteiger partial charge in [0.15, 0.2) is 6.29 Å². The molecule has 2 aromatic rings. The average Bonchev–Trinajstić information content (AvgIpc) is 3.07. The summed E-state index contributed by atoms with van der Waals surface area (Å²) in [5, 5.41) is 8.48. The summed E-state index contributed by atoms with van der Waals surface area (Å²) in [6.07, 6.45) is 0.581. The van der Waals surface area contributed by atoms with Crippen LogP contribution in [-0.2, 0) is 14.2 Å². The van der Waals surface area contributed by atoms with Gasteiger partial charge < -0.3 is 19.3 Å². The smallest absolute Gasteiger partial charge is 0.338 e. The normalized spacial score (nSPS) is 20.5. The second-order valence-electron chi connectivity index (χ2n) is 7.21. The van der Waals surface area contributed by atoms with Crippen molar-refractivity contribution >= 4 is 11.9 Å². The number of hydrogen-bond donors (Lipinski definition) is 1. The first-order chi connectivity index (χ1) is 13.8. The minimum absolute atomic E-state index is 0.0747. The van der Waals surface area contributed by atoms with Crippen LogP contribution in [0.25, 0.3) is 0 Å². The average molecular weight is 400 g/mol. The number of carboxylic acids is 1. The molecule has 0 radical (unpaired) electrons. The molecule has 1 aliphatic heterocycles. The van der Waals surface area contributed by atoms with Crippen LogP contribution in [0.3, 0.4) is 0 Å². The molecule has 3 rings (SSSR count). The lowest BCUT2D eigenvalue weighted by molar-refractivity contribution is -0.136. The van der Waals surface area contributed by atoms with Gasteiger partial charge in [-0.2, -0.15) is 0 Å². The summed E-state index contributed by atoms with van der Waals surface area (Å²) in [5.74, 6) is -0.856. The second kappa shape index (κ2) is 10.7. The Morgan fingerprint density at radius 2 is 1.52 bits per heavy atom. The predicted molar refractivity (Wildman–Crippen MR) is 109 cm³/mol. The molecule has 156 valence electrons. The molecule has 1 N–H and O–H groups in total. The molecule has 0 amide bonds. The fourth-order valence-electron chi connectivity index (χ4n) is 2.94. The third kappa shape index (κ3) is 7.00. The van der Waals surface area contributed by atoms with Crippen LogP contribution < -0.4 is 0 Å². The molecular weight excluding hydrogens is 372 g/mol. The van der Waals surface area contributed by atoms with Crippen LogP contribution in [0.2, 0.25) is 0 Å². The lowest BCUT2D eigenvalue weighted by atomic mass is 10.1. The molecule has 29 heavy (non-hydrogen) atoms. The Hall–Kier alpha value is -2.70. The molecule has 6 heteroatoms. The summed E-state index contributed by atoms with van der Waals surface area (Å²) < 4.78 is 16.1. The van der Waals surface area contributed by atoms with Crippen molar-refractivity contribution in [2.24, 2.45) is 5.92 Å². The number of esters is 1. The molecule has 6 nitrogen and oxygen atoms in total. The van der Waals surface area contributed by atoms with Crippen molar-refractivity contribution < 1.29 is 28.9 Å². The van der Waals surface area contributed by atoms with E-state index in [2.05, 4.69) is 6.92 Å². The van der Waals surface area contributed by atoms with Crippen molar-refractivity contribution in [2.45, 2.75) is 39.6 Å². The number of aryl methyl sites for hydroxylation is 2. The van der Waals surface area contributed by atoms with Crippen LogP contribution in [0.15, 0.2) is 48.5 Å². The van der Waals surface area contributed by atoms with E-state index in [9.17, 15) is 9.59 Å². The van der Waals surface area contributed by atoms with Gasteiger partial charge >= 0.3 is 11.9 Å². The molecule has 1 heterocycles. The van der Waals surface area contributed by atoms with Gasteiger partial charge in [0, 0.05) is 13.0 Å². The molecule has 0 spiro atoms. The minimum Gasteiger partial charge on any atom is -0.478 e. The van der Waals surface area contributed by atoms with E-state index >= 15 is 0 Å². The SMILES string of the molecule is COC1O[C@H](COC(=O)c2ccc(C)cc2)CC1C.Cc1ccc(C(=O)O)cc1. The van der Waals surface area contributed by atoms with E-state index in [0.29, 0.717) is 17.0 Å². The first kappa shape index (κ1) is 22.6. The van der Waals surface area contributed by atoms with E-state index in [1.807, 2.05) is 26.0 Å². The Bertz CT molecular complexity index is 797. The Kier molecular flexibility index (Phi) is 8.36. The van der Waals surface area contributed by atoms with Gasteiger partial charge in [-0.15, -0.1) is 0 Å². The molecule has 2 aromatic carbocycles. The highest BCUT2D eigenvalue weighted by molar-refractivity contribution is 5.89. The summed E-state index contributed by atoms with van der Waals surface area (Å²) in [5.41, 5.74) is 3.10. The number of carbonyl (C=O) groups excluding carboxylic acids is 1. The van der Waals surface area contributed by atoms with Crippen molar-refractivity contribution in [1.82, 2.24) is 0 Å². The fourth-order valence-corrected chi connectivity index (χ4v) is 2.94. The van der Waals surface area contributed by atoms with Crippen LogP contribution >= 0.6 is 0 Å². The van der Waals surface area contributed by atoms with Gasteiger partial charge in [0.1, 0.15) is 6.61 Å². The zero-order valence-electron chi connectivity index (χ0n) is 17.3. The second-order valence-corrected chi connectivity index (χ2v) is 7.21. The maximum absolute atomic E-state index is 11.8. The van der Waals surface area contributed by atoms with Gasteiger partial charge in [0.2, 0.25) is 0 Å². The lowest BCUT2D eigenvalue weighted by Gasteiger charge is -2.13. The van der Waals surface area contributed by atoms with Crippen molar-refractivity contribution in [3.63, 3.8) is 0 Å². The Labute approximate surface area is 171 Å². The fraction of sp³-hybridized carbons (Fsp3) is 0.391. The number of ether oxygens (including phenoxy) is 3. The zero-order valence-corrected chi connectivity index (χ0v) is 17.3. The van der Waals surface area contributed by atoms with E-state index in [1.165, 1.54) is 0 Å². The van der Waals surface area contributed by atoms with Crippen molar-refractivity contribution in [2.75, 3.05) is 13.7 Å². The molecule has 0 aliphatic carbocycles. The summed E-state index contributed by atoms with van der Waals surface area (Å²) in [6.45, 7) is 6.24. The van der Waals surface area contributed by atoms with Crippen LogP contribution in [0.1, 0.15) is 45.2 Å². The van der Waals surface area contributed by atoms with Gasteiger partial charge in [0.05, 0.1) is 17.2 Å². The zero-order chi connectivity index (χ0) is 21.4. The Morgan fingerprint density at radius 3 is 1.97 bits per heavy atom. The molecule has 1 aliphatic rings. The topological polar surface area (TPSA) is 82.1 Å². The number of methoxy groups -OCH3 is 1. The molecular formula is C23H28O6. The van der Waals surface area contributed by atoms with Gasteiger partial charge in [0.25, 0.3) is 0 Å². The van der Waals surface area contributed by atoms with Crippen molar-refractivity contribution in [3.8, 4) is 0 Å². The first-order valence-electron chi connectivity index (χ1n) is 9.52. The largest absolute Gasteiger partial charge is 0.478 e. The van der Waals surface area contributed by atoms with Gasteiger partial charge in [-0.25, -0.2) is 9.59 Å². The van der Waals surface area contributed by atoms with E-state index in [4.69, 9.17) is 19.3 Å². The van der Waals surface area contributed by atoms with Crippen molar-refractivity contribution in [1.29, 1.82) is 0 Å². The quantitative estimate of drug-likeness (QED) is 0.756. The standard InChI is InChI=1S/C15H20O4.C8H8O2/c1-10-4-6-12(7-5-10)14(16)18-9-13-8-11(2)15(17-3)19-13;1-6-2-4-7(5-3-6)8(9)10/h4-7,11,13,15H,8-9H2,1-3H3;2-5H,1H3,(H,9,10)/t11?,13-,15?;/m0./s1. The molecule has 0 bridgehead atoms. The number of hydrogen-bond acceptors (Lipinski definition) is 5. The number of benzene rings is 2. The molecule has 3 atom stereocenters. The predicted octanol–water partition coefficient (Wildman–Crippen LogP) is 4.24. The van der Waals surface area contributed by atoms with E-state index < -0.39 is 5.97 Å². The van der Waals surface area contributed by atoms with Gasteiger partial charge in [-0.3, -0.25) is 0 Å². The summed E-state index contributed by atoms with van der Waals surface area (Å²) >= 11 is 0.